The van der Waals surface area contributed by atoms with Crippen LogP contribution in [0.3, 0.4) is 0 Å². The Bertz CT molecular complexity index is 1660. The van der Waals surface area contributed by atoms with Crippen molar-refractivity contribution in [2.45, 2.75) is 0 Å². The van der Waals surface area contributed by atoms with Crippen molar-refractivity contribution in [3.63, 3.8) is 0 Å². The molecule has 0 aliphatic carbocycles. The van der Waals surface area contributed by atoms with E-state index in [9.17, 15) is 9.59 Å². The van der Waals surface area contributed by atoms with Gasteiger partial charge in [0.2, 0.25) is 0 Å². The first kappa shape index (κ1) is 27.3. The zero-order chi connectivity index (χ0) is 29.4. The quantitative estimate of drug-likeness (QED) is 0.222. The molecule has 4 aromatic carbocycles. The van der Waals surface area contributed by atoms with Gasteiger partial charge in [0.1, 0.15) is 17.7 Å². The molecule has 0 aromatic heterocycles. The monoisotopic (exact) mass is 568 g/mol. The van der Waals surface area contributed by atoms with Crippen molar-refractivity contribution in [1.82, 2.24) is 10.6 Å². The average molecular weight is 569 g/mol. The highest BCUT2D eigenvalue weighted by atomic mass is 16.2. The molecule has 0 unspecified atom stereocenters. The Balaban J connectivity index is 1.04. The molecule has 0 atom stereocenters. The zero-order valence-corrected chi connectivity index (χ0v) is 23.2. The Morgan fingerprint density at radius 1 is 0.628 bits per heavy atom. The molecule has 212 valence electrons. The van der Waals surface area contributed by atoms with Crippen LogP contribution in [0.15, 0.2) is 117 Å². The van der Waals surface area contributed by atoms with Crippen molar-refractivity contribution >= 4 is 52.2 Å². The number of nitrogens with one attached hydrogen (secondary N) is 4. The lowest BCUT2D eigenvalue weighted by atomic mass is 10.1. The van der Waals surface area contributed by atoms with E-state index >= 15 is 0 Å². The maximum Gasteiger partial charge on any atom is 0.255 e. The Labute approximate surface area is 248 Å². The van der Waals surface area contributed by atoms with E-state index in [0.717, 1.165) is 49.0 Å². The molecule has 0 saturated heterocycles. The van der Waals surface area contributed by atoms with E-state index in [1.807, 2.05) is 48.5 Å². The molecule has 43 heavy (non-hydrogen) atoms. The van der Waals surface area contributed by atoms with Gasteiger partial charge in [-0.15, -0.1) is 0 Å². The van der Waals surface area contributed by atoms with Gasteiger partial charge >= 0.3 is 0 Å². The van der Waals surface area contributed by atoms with Gasteiger partial charge in [0.15, 0.2) is 0 Å². The molecule has 0 spiro atoms. The highest BCUT2D eigenvalue weighted by molar-refractivity contribution is 6.07. The Hall–Kier alpha value is -5.86. The van der Waals surface area contributed by atoms with Crippen LogP contribution < -0.4 is 21.3 Å². The highest BCUT2D eigenvalue weighted by Gasteiger charge is 2.12. The van der Waals surface area contributed by atoms with Crippen LogP contribution in [0.5, 0.6) is 0 Å². The minimum absolute atomic E-state index is 0.222. The van der Waals surface area contributed by atoms with Crippen molar-refractivity contribution in [2.24, 2.45) is 20.0 Å². The first-order valence-corrected chi connectivity index (χ1v) is 13.9. The van der Waals surface area contributed by atoms with Crippen LogP contribution in [-0.4, -0.2) is 55.7 Å². The fourth-order valence-electron chi connectivity index (χ4n) is 4.59. The van der Waals surface area contributed by atoms with E-state index in [2.05, 4.69) is 47.2 Å². The molecule has 10 heteroatoms. The number of carbonyl (C=O) groups is 2. The first-order valence-electron chi connectivity index (χ1n) is 13.9. The summed E-state index contributed by atoms with van der Waals surface area (Å²) in [6.45, 7) is 3.15. The summed E-state index contributed by atoms with van der Waals surface area (Å²) >= 11 is 0. The van der Waals surface area contributed by atoms with Crippen LogP contribution in [0.1, 0.15) is 31.8 Å². The molecule has 2 aliphatic rings. The second-order valence-corrected chi connectivity index (χ2v) is 9.80. The van der Waals surface area contributed by atoms with Crippen molar-refractivity contribution < 1.29 is 9.59 Å². The lowest BCUT2D eigenvalue weighted by Gasteiger charge is -2.08. The van der Waals surface area contributed by atoms with Crippen LogP contribution in [0.4, 0.5) is 22.7 Å². The van der Waals surface area contributed by atoms with Gasteiger partial charge < -0.3 is 21.3 Å². The molecular formula is C33H28N8O2. The molecule has 4 aromatic rings. The molecule has 0 fully saturated rings. The summed E-state index contributed by atoms with van der Waals surface area (Å²) in [6, 6.07) is 31.5. The van der Waals surface area contributed by atoms with Crippen molar-refractivity contribution in [3.05, 3.63) is 119 Å². The number of benzene rings is 4. The van der Waals surface area contributed by atoms with Gasteiger partial charge in [-0.25, -0.2) is 0 Å². The van der Waals surface area contributed by atoms with Gasteiger partial charge in [0.25, 0.3) is 11.8 Å². The van der Waals surface area contributed by atoms with E-state index < -0.39 is 0 Å². The first-order chi connectivity index (χ1) is 21.1. The van der Waals surface area contributed by atoms with Gasteiger partial charge in [0, 0.05) is 46.7 Å². The molecule has 0 radical (unpaired) electrons. The fourth-order valence-corrected chi connectivity index (χ4v) is 4.59. The molecule has 2 aliphatic heterocycles. The fraction of sp³-hybridized carbons (Fsp3) is 0.121. The molecule has 2 amide bonds. The van der Waals surface area contributed by atoms with Crippen molar-refractivity contribution in [2.75, 3.05) is 36.8 Å². The number of nitrogens with zero attached hydrogens (tertiary/aromatic N) is 4. The number of anilines is 2. The number of hydrogen-bond acceptors (Lipinski definition) is 8. The predicted octanol–water partition coefficient (Wildman–Crippen LogP) is 5.03. The number of hydrogen-bond donors (Lipinski definition) is 4. The molecule has 0 saturated carbocycles. The SMILES string of the molecule is O=C(Nc1cccc(C2=NCCN2)c1)c1ccc(N=C=Nc2ccc(C(=O)Nc3cccc(C4=NCCN4)c3)cc2)cc1. The Morgan fingerprint density at radius 2 is 1.07 bits per heavy atom. The molecule has 6 rings (SSSR count). The number of amides is 2. The minimum Gasteiger partial charge on any atom is -0.368 e. The second-order valence-electron chi connectivity index (χ2n) is 9.80. The third-order valence-corrected chi connectivity index (χ3v) is 6.75. The number of rotatable bonds is 8. The van der Waals surface area contributed by atoms with E-state index in [1.54, 1.807) is 48.5 Å². The third-order valence-electron chi connectivity index (χ3n) is 6.75. The van der Waals surface area contributed by atoms with Crippen LogP contribution >= 0.6 is 0 Å². The predicted molar refractivity (Wildman–Crippen MR) is 170 cm³/mol. The van der Waals surface area contributed by atoms with Crippen LogP contribution in [-0.2, 0) is 0 Å². The third kappa shape index (κ3) is 6.90. The molecule has 2 heterocycles. The second kappa shape index (κ2) is 12.8. The van der Waals surface area contributed by atoms with Crippen molar-refractivity contribution in [1.29, 1.82) is 0 Å². The van der Waals surface area contributed by atoms with Gasteiger partial charge in [0.05, 0.1) is 24.5 Å². The van der Waals surface area contributed by atoms with Gasteiger partial charge in [-0.2, -0.15) is 9.98 Å². The number of carbonyl (C=O) groups excluding carboxylic acids is 2. The molecular weight excluding hydrogens is 540 g/mol. The zero-order valence-electron chi connectivity index (χ0n) is 23.2. The maximum atomic E-state index is 12.7. The average Bonchev–Trinajstić information content (AvgIpc) is 3.78. The van der Waals surface area contributed by atoms with Crippen LogP contribution in [0, 0.1) is 0 Å². The van der Waals surface area contributed by atoms with E-state index in [-0.39, 0.29) is 11.8 Å². The summed E-state index contributed by atoms with van der Waals surface area (Å²) in [6.07, 6.45) is 0. The topological polar surface area (TPSA) is 132 Å². The Kier molecular flexibility index (Phi) is 8.11. The number of amidine groups is 2. The summed E-state index contributed by atoms with van der Waals surface area (Å²) in [4.78, 5) is 42.8. The van der Waals surface area contributed by atoms with E-state index in [1.165, 1.54) is 0 Å². The van der Waals surface area contributed by atoms with Gasteiger partial charge in [-0.3, -0.25) is 19.6 Å². The Morgan fingerprint density at radius 3 is 1.47 bits per heavy atom. The minimum atomic E-state index is -0.222. The highest BCUT2D eigenvalue weighted by Crippen LogP contribution is 2.18. The van der Waals surface area contributed by atoms with Crippen LogP contribution in [0.25, 0.3) is 0 Å². The lowest BCUT2D eigenvalue weighted by Crippen LogP contribution is -2.19. The molecule has 10 nitrogen and oxygen atoms in total. The molecule has 4 N–H and O–H groups in total. The van der Waals surface area contributed by atoms with E-state index in [0.29, 0.717) is 33.9 Å². The largest absolute Gasteiger partial charge is 0.368 e. The van der Waals surface area contributed by atoms with E-state index in [4.69, 9.17) is 0 Å². The van der Waals surface area contributed by atoms with Gasteiger partial charge in [-0.05, 0) is 72.8 Å². The lowest BCUT2D eigenvalue weighted by molar-refractivity contribution is 0.101. The molecule has 0 bridgehead atoms. The van der Waals surface area contributed by atoms with Crippen molar-refractivity contribution in [3.8, 4) is 0 Å². The van der Waals surface area contributed by atoms with Crippen LogP contribution in [0.2, 0.25) is 0 Å². The normalized spacial score (nSPS) is 13.5. The standard InChI is InChI=1S/C33H28N8O2/c42-32(40-28-5-1-3-24(19-28)30-34-15-16-35-30)22-7-11-26(12-8-22)38-21-39-27-13-9-23(10-14-27)33(43)41-29-6-2-4-25(20-29)31-36-17-18-37-31/h1-14,19-20H,15-18H2,(H,34,35)(H,36,37)(H,40,42)(H,41,43). The number of aliphatic imine (C=N–C) groups is 4. The van der Waals surface area contributed by atoms with Gasteiger partial charge in [-0.1, -0.05) is 24.3 Å². The summed E-state index contributed by atoms with van der Waals surface area (Å²) < 4.78 is 0. The summed E-state index contributed by atoms with van der Waals surface area (Å²) in [5.74, 6) is 1.23. The summed E-state index contributed by atoms with van der Waals surface area (Å²) in [5.41, 5.74) is 5.47. The summed E-state index contributed by atoms with van der Waals surface area (Å²) in [5, 5.41) is 12.3. The smallest absolute Gasteiger partial charge is 0.255 e. The summed E-state index contributed by atoms with van der Waals surface area (Å²) in [7, 11) is 0. The maximum absolute atomic E-state index is 12.7.